The average Bonchev–Trinajstić information content (AvgIpc) is 3.15. The molecular weight excluding hydrogens is 441 g/mol. The van der Waals surface area contributed by atoms with Crippen molar-refractivity contribution in [3.8, 4) is 0 Å². The molecule has 1 aliphatic heterocycles. The van der Waals surface area contributed by atoms with Crippen LogP contribution in [-0.4, -0.2) is 16.0 Å². The molecule has 0 aromatic heterocycles. The predicted octanol–water partition coefficient (Wildman–Crippen LogP) is 6.04. The van der Waals surface area contributed by atoms with Crippen molar-refractivity contribution in [3.63, 3.8) is 0 Å². The lowest BCUT2D eigenvalue weighted by molar-refractivity contribution is -0.115. The van der Waals surface area contributed by atoms with Crippen LogP contribution in [0.2, 0.25) is 0 Å². The van der Waals surface area contributed by atoms with Crippen molar-refractivity contribution in [1.29, 1.82) is 0 Å². The number of rotatable bonds is 6. The largest absolute Gasteiger partial charge is 0.307 e. The smallest absolute Gasteiger partial charge is 0.264 e. The highest BCUT2D eigenvalue weighted by atomic mass is 32.2. The number of benzene rings is 3. The van der Waals surface area contributed by atoms with Gasteiger partial charge in [0.05, 0.1) is 4.91 Å². The van der Waals surface area contributed by atoms with Crippen molar-refractivity contribution in [3.05, 3.63) is 118 Å². The SMILES string of the molecule is O=C1NC(=S)S/C1=C(/C=C(\CC(=O)c1ccccc1)c1ccc(F)cc1)c1ccccc1. The molecule has 32 heavy (non-hydrogen) atoms. The maximum atomic E-state index is 13.6. The second-order valence-corrected chi connectivity index (χ2v) is 8.78. The highest BCUT2D eigenvalue weighted by molar-refractivity contribution is 8.26. The van der Waals surface area contributed by atoms with Gasteiger partial charge in [0.2, 0.25) is 0 Å². The summed E-state index contributed by atoms with van der Waals surface area (Å²) in [7, 11) is 0. The topological polar surface area (TPSA) is 46.2 Å². The molecule has 1 amide bonds. The van der Waals surface area contributed by atoms with Crippen molar-refractivity contribution in [1.82, 2.24) is 5.32 Å². The second kappa shape index (κ2) is 9.85. The molecule has 1 aliphatic rings. The van der Waals surface area contributed by atoms with Crippen LogP contribution in [0.15, 0.2) is 95.9 Å². The van der Waals surface area contributed by atoms with Crippen LogP contribution in [0.3, 0.4) is 0 Å². The van der Waals surface area contributed by atoms with Gasteiger partial charge in [-0.05, 0) is 34.9 Å². The monoisotopic (exact) mass is 459 g/mol. The number of amides is 1. The number of thiocarbonyl (C=S) groups is 1. The van der Waals surface area contributed by atoms with Crippen LogP contribution in [0, 0.1) is 5.82 Å². The number of nitrogens with one attached hydrogen (secondary N) is 1. The standard InChI is InChI=1S/C26H18FNO2S2/c27-21-13-11-17(12-14-21)20(16-23(29)19-9-5-2-6-10-19)15-22(18-7-3-1-4-8-18)24-25(30)28-26(31)32-24/h1-15H,16H2,(H,28,30,31)/b20-15+,24-22-. The normalized spacial score (nSPS) is 15.5. The highest BCUT2D eigenvalue weighted by Crippen LogP contribution is 2.35. The van der Waals surface area contributed by atoms with E-state index in [0.717, 1.165) is 5.56 Å². The van der Waals surface area contributed by atoms with Gasteiger partial charge >= 0.3 is 0 Å². The number of thioether (sulfide) groups is 1. The lowest BCUT2D eigenvalue weighted by Gasteiger charge is -2.12. The molecule has 3 nitrogen and oxygen atoms in total. The van der Waals surface area contributed by atoms with Gasteiger partial charge in [0.25, 0.3) is 5.91 Å². The molecule has 1 N–H and O–H groups in total. The fraction of sp³-hybridized carbons (Fsp3) is 0.0385. The average molecular weight is 460 g/mol. The fourth-order valence-electron chi connectivity index (χ4n) is 3.36. The van der Waals surface area contributed by atoms with E-state index >= 15 is 0 Å². The maximum absolute atomic E-state index is 13.6. The van der Waals surface area contributed by atoms with E-state index in [4.69, 9.17) is 12.2 Å². The van der Waals surface area contributed by atoms with Crippen LogP contribution in [0.25, 0.3) is 11.1 Å². The summed E-state index contributed by atoms with van der Waals surface area (Å²) in [4.78, 5) is 26.1. The molecule has 1 fully saturated rings. The quantitative estimate of drug-likeness (QED) is 0.277. The summed E-state index contributed by atoms with van der Waals surface area (Å²) in [6.07, 6.45) is 1.93. The maximum Gasteiger partial charge on any atom is 0.264 e. The predicted molar refractivity (Wildman–Crippen MR) is 131 cm³/mol. The van der Waals surface area contributed by atoms with E-state index in [1.165, 1.54) is 23.9 Å². The Morgan fingerprint density at radius 3 is 2.03 bits per heavy atom. The molecule has 6 heteroatoms. The number of ketones is 1. The summed E-state index contributed by atoms with van der Waals surface area (Å²) in [5, 5.41) is 2.66. The van der Waals surface area contributed by atoms with E-state index in [1.807, 2.05) is 54.6 Å². The number of hydrogen-bond donors (Lipinski definition) is 1. The Morgan fingerprint density at radius 1 is 0.875 bits per heavy atom. The molecule has 3 aromatic carbocycles. The second-order valence-electron chi connectivity index (χ2n) is 7.09. The van der Waals surface area contributed by atoms with E-state index in [1.54, 1.807) is 24.3 Å². The minimum atomic E-state index is -0.361. The zero-order valence-electron chi connectivity index (χ0n) is 16.9. The van der Waals surface area contributed by atoms with Crippen LogP contribution in [-0.2, 0) is 4.79 Å². The number of halogens is 1. The van der Waals surface area contributed by atoms with Gasteiger partial charge in [0.1, 0.15) is 10.1 Å². The third kappa shape index (κ3) is 5.10. The Hall–Kier alpha value is -3.35. The molecule has 4 rings (SSSR count). The lowest BCUT2D eigenvalue weighted by atomic mass is 9.93. The van der Waals surface area contributed by atoms with E-state index in [0.29, 0.717) is 31.5 Å². The van der Waals surface area contributed by atoms with Crippen molar-refractivity contribution < 1.29 is 14.0 Å². The van der Waals surface area contributed by atoms with E-state index in [-0.39, 0.29) is 23.9 Å². The number of carbonyl (C=O) groups is 2. The van der Waals surface area contributed by atoms with Gasteiger partial charge in [-0.2, -0.15) is 0 Å². The van der Waals surface area contributed by atoms with E-state index in [2.05, 4.69) is 5.32 Å². The molecule has 0 bridgehead atoms. The molecule has 1 heterocycles. The minimum absolute atomic E-state index is 0.0716. The lowest BCUT2D eigenvalue weighted by Crippen LogP contribution is -2.18. The Labute approximate surface area is 195 Å². The molecule has 0 saturated carbocycles. The van der Waals surface area contributed by atoms with Crippen molar-refractivity contribution in [2.24, 2.45) is 0 Å². The first-order valence-electron chi connectivity index (χ1n) is 9.89. The van der Waals surface area contributed by atoms with Gasteiger partial charge in [0.15, 0.2) is 5.78 Å². The van der Waals surface area contributed by atoms with E-state index in [9.17, 15) is 14.0 Å². The van der Waals surface area contributed by atoms with Crippen LogP contribution in [0.4, 0.5) is 4.39 Å². The summed E-state index contributed by atoms with van der Waals surface area (Å²) in [6, 6.07) is 24.4. The first-order valence-corrected chi connectivity index (χ1v) is 11.1. The zero-order valence-corrected chi connectivity index (χ0v) is 18.5. The molecular formula is C26H18FNO2S2. The summed E-state index contributed by atoms with van der Waals surface area (Å²) in [6.45, 7) is 0. The highest BCUT2D eigenvalue weighted by Gasteiger charge is 2.26. The Bertz CT molecular complexity index is 1230. The van der Waals surface area contributed by atoms with Crippen LogP contribution in [0.5, 0.6) is 0 Å². The first kappa shape index (κ1) is 21.9. The van der Waals surface area contributed by atoms with Crippen molar-refractivity contribution >= 4 is 51.1 Å². The van der Waals surface area contributed by atoms with Crippen LogP contribution >= 0.6 is 24.0 Å². The molecule has 0 spiro atoms. The summed E-state index contributed by atoms with van der Waals surface area (Å²) in [5.41, 5.74) is 3.45. The van der Waals surface area contributed by atoms with Gasteiger partial charge in [0, 0.05) is 17.6 Å². The molecule has 158 valence electrons. The van der Waals surface area contributed by atoms with Crippen LogP contribution in [0.1, 0.15) is 27.9 Å². The number of Topliss-reactive ketones (excluding diaryl/α,β-unsaturated/α-hetero) is 1. The van der Waals surface area contributed by atoms with Crippen molar-refractivity contribution in [2.75, 3.05) is 0 Å². The third-order valence-electron chi connectivity index (χ3n) is 4.93. The molecule has 3 aromatic rings. The first-order chi connectivity index (χ1) is 15.5. The van der Waals surface area contributed by atoms with Gasteiger partial charge < -0.3 is 5.32 Å². The minimum Gasteiger partial charge on any atom is -0.307 e. The molecule has 0 aliphatic carbocycles. The van der Waals surface area contributed by atoms with Gasteiger partial charge in [-0.1, -0.05) is 96.8 Å². The number of allylic oxidation sites excluding steroid dienone is 3. The Morgan fingerprint density at radius 2 is 1.47 bits per heavy atom. The third-order valence-corrected chi connectivity index (χ3v) is 6.18. The van der Waals surface area contributed by atoms with Gasteiger partial charge in [-0.15, -0.1) is 0 Å². The van der Waals surface area contributed by atoms with Crippen LogP contribution < -0.4 is 5.32 Å². The Kier molecular flexibility index (Phi) is 6.73. The fourth-order valence-corrected chi connectivity index (χ4v) is 4.46. The summed E-state index contributed by atoms with van der Waals surface area (Å²) >= 11 is 6.37. The number of hydrogen-bond acceptors (Lipinski definition) is 4. The van der Waals surface area contributed by atoms with Gasteiger partial charge in [-0.25, -0.2) is 4.39 Å². The zero-order chi connectivity index (χ0) is 22.5. The number of carbonyl (C=O) groups excluding carboxylic acids is 2. The van der Waals surface area contributed by atoms with E-state index < -0.39 is 0 Å². The molecule has 0 atom stereocenters. The summed E-state index contributed by atoms with van der Waals surface area (Å²) < 4.78 is 14.0. The molecule has 1 saturated heterocycles. The molecule has 0 unspecified atom stereocenters. The Balaban J connectivity index is 1.85. The summed E-state index contributed by atoms with van der Waals surface area (Å²) in [5.74, 6) is -0.708. The van der Waals surface area contributed by atoms with Gasteiger partial charge in [-0.3, -0.25) is 9.59 Å². The molecule has 0 radical (unpaired) electrons. The van der Waals surface area contributed by atoms with Crippen molar-refractivity contribution in [2.45, 2.75) is 6.42 Å².